The van der Waals surface area contributed by atoms with Crippen molar-refractivity contribution in [3.8, 4) is 0 Å². The van der Waals surface area contributed by atoms with Crippen LogP contribution >= 0.6 is 0 Å². The second-order valence-corrected chi connectivity index (χ2v) is 2.08. The van der Waals surface area contributed by atoms with Crippen LogP contribution in [0.1, 0.15) is 13.8 Å². The summed E-state index contributed by atoms with van der Waals surface area (Å²) in [6.07, 6.45) is 1.89. The van der Waals surface area contributed by atoms with Gasteiger partial charge in [-0.3, -0.25) is 4.90 Å². The van der Waals surface area contributed by atoms with Gasteiger partial charge < -0.3 is 4.74 Å². The quantitative estimate of drug-likeness (QED) is 0.412. The summed E-state index contributed by atoms with van der Waals surface area (Å²) in [7, 11) is 0. The molecule has 10 heavy (non-hydrogen) atoms. The van der Waals surface area contributed by atoms with Crippen molar-refractivity contribution in [2.45, 2.75) is 13.8 Å². The van der Waals surface area contributed by atoms with E-state index in [4.69, 9.17) is 4.74 Å². The van der Waals surface area contributed by atoms with Crippen molar-refractivity contribution in [1.29, 1.82) is 0 Å². The first-order valence-electron chi connectivity index (χ1n) is 3.76. The minimum absolute atomic E-state index is 0.721. The smallest absolute Gasteiger partial charge is 0.0992 e. The van der Waals surface area contributed by atoms with Gasteiger partial charge in [-0.15, -0.1) is 6.58 Å². The molecule has 0 atom stereocenters. The molecular weight excluding hydrogens is 126 g/mol. The summed E-state index contributed by atoms with van der Waals surface area (Å²) < 4.78 is 5.22. The van der Waals surface area contributed by atoms with E-state index >= 15 is 0 Å². The minimum atomic E-state index is 0.721. The fraction of sp³-hybridized carbons (Fsp3) is 0.750. The zero-order chi connectivity index (χ0) is 7.82. The molecule has 0 aromatic heterocycles. The molecule has 0 N–H and O–H groups in total. The lowest BCUT2D eigenvalue weighted by atomic mass is 10.5. The topological polar surface area (TPSA) is 12.5 Å². The zero-order valence-electron chi connectivity index (χ0n) is 6.97. The van der Waals surface area contributed by atoms with Gasteiger partial charge in [0.25, 0.3) is 0 Å². The Morgan fingerprint density at radius 2 is 2.20 bits per heavy atom. The monoisotopic (exact) mass is 143 g/mol. The van der Waals surface area contributed by atoms with E-state index in [1.807, 2.05) is 13.0 Å². The molecule has 0 spiro atoms. The standard InChI is InChI=1S/C8H17NO/c1-4-7-9(5-2)8-10-6-3/h4H,1,5-8H2,2-3H3. The van der Waals surface area contributed by atoms with Crippen LogP contribution in [0.3, 0.4) is 0 Å². The van der Waals surface area contributed by atoms with Gasteiger partial charge in [0.1, 0.15) is 0 Å². The molecule has 0 saturated carbocycles. The number of likely N-dealkylation sites (N-methyl/N-ethyl adjacent to an activating group) is 1. The first-order valence-corrected chi connectivity index (χ1v) is 3.76. The van der Waals surface area contributed by atoms with E-state index in [9.17, 15) is 0 Å². The molecule has 0 unspecified atom stereocenters. The van der Waals surface area contributed by atoms with Gasteiger partial charge in [0.05, 0.1) is 6.73 Å². The van der Waals surface area contributed by atoms with Gasteiger partial charge in [-0.25, -0.2) is 0 Å². The van der Waals surface area contributed by atoms with Crippen molar-refractivity contribution in [2.75, 3.05) is 26.4 Å². The molecule has 0 aliphatic carbocycles. The van der Waals surface area contributed by atoms with Gasteiger partial charge in [-0.2, -0.15) is 0 Å². The Labute approximate surface area is 63.5 Å². The van der Waals surface area contributed by atoms with Crippen LogP contribution in [0.2, 0.25) is 0 Å². The maximum Gasteiger partial charge on any atom is 0.0992 e. The highest BCUT2D eigenvalue weighted by molar-refractivity contribution is 4.70. The van der Waals surface area contributed by atoms with Crippen molar-refractivity contribution < 1.29 is 4.74 Å². The molecule has 0 radical (unpaired) electrons. The number of hydrogen-bond acceptors (Lipinski definition) is 2. The molecule has 2 nitrogen and oxygen atoms in total. The van der Waals surface area contributed by atoms with Crippen LogP contribution in [0, 0.1) is 0 Å². The molecule has 0 amide bonds. The lowest BCUT2D eigenvalue weighted by Gasteiger charge is -2.17. The molecular formula is C8H17NO. The van der Waals surface area contributed by atoms with Crippen LogP contribution in [0.4, 0.5) is 0 Å². The lowest BCUT2D eigenvalue weighted by Crippen LogP contribution is -2.26. The molecule has 0 heterocycles. The Hall–Kier alpha value is -0.340. The maximum atomic E-state index is 5.22. The summed E-state index contributed by atoms with van der Waals surface area (Å²) in [6.45, 7) is 11.2. The molecule has 2 heteroatoms. The molecule has 0 aromatic carbocycles. The van der Waals surface area contributed by atoms with Gasteiger partial charge in [0.2, 0.25) is 0 Å². The van der Waals surface area contributed by atoms with Crippen molar-refractivity contribution >= 4 is 0 Å². The number of nitrogens with zero attached hydrogens (tertiary/aromatic N) is 1. The Bertz CT molecular complexity index is 83.3. The van der Waals surface area contributed by atoms with Gasteiger partial charge >= 0.3 is 0 Å². The normalized spacial score (nSPS) is 10.3. The molecule has 0 bridgehead atoms. The highest BCUT2D eigenvalue weighted by atomic mass is 16.5. The average molecular weight is 143 g/mol. The molecule has 0 saturated heterocycles. The molecule has 0 aliphatic rings. The predicted molar refractivity (Wildman–Crippen MR) is 43.9 cm³/mol. The highest BCUT2D eigenvalue weighted by Gasteiger charge is 1.96. The predicted octanol–water partition coefficient (Wildman–Crippen LogP) is 1.49. The Morgan fingerprint density at radius 3 is 2.60 bits per heavy atom. The summed E-state index contributed by atoms with van der Waals surface area (Å²) >= 11 is 0. The first kappa shape index (κ1) is 9.66. The summed E-state index contributed by atoms with van der Waals surface area (Å²) in [6, 6.07) is 0. The minimum Gasteiger partial charge on any atom is -0.366 e. The van der Waals surface area contributed by atoms with Crippen LogP contribution in [-0.2, 0) is 4.74 Å². The van der Waals surface area contributed by atoms with Crippen molar-refractivity contribution in [3.63, 3.8) is 0 Å². The third kappa shape index (κ3) is 4.53. The summed E-state index contributed by atoms with van der Waals surface area (Å²) in [5.74, 6) is 0. The van der Waals surface area contributed by atoms with Gasteiger partial charge in [0, 0.05) is 13.2 Å². The largest absolute Gasteiger partial charge is 0.366 e. The number of hydrogen-bond donors (Lipinski definition) is 0. The van der Waals surface area contributed by atoms with E-state index in [0.717, 1.165) is 26.4 Å². The van der Waals surface area contributed by atoms with Crippen LogP contribution < -0.4 is 0 Å². The van der Waals surface area contributed by atoms with E-state index in [0.29, 0.717) is 0 Å². The highest BCUT2D eigenvalue weighted by Crippen LogP contribution is 1.87. The van der Waals surface area contributed by atoms with E-state index in [-0.39, 0.29) is 0 Å². The fourth-order valence-corrected chi connectivity index (χ4v) is 0.676. The number of rotatable bonds is 6. The second kappa shape index (κ2) is 6.78. The Kier molecular flexibility index (Phi) is 6.55. The summed E-state index contributed by atoms with van der Waals surface area (Å²) in [5, 5.41) is 0. The van der Waals surface area contributed by atoms with E-state index < -0.39 is 0 Å². The van der Waals surface area contributed by atoms with Crippen LogP contribution in [0.25, 0.3) is 0 Å². The van der Waals surface area contributed by atoms with E-state index in [2.05, 4.69) is 18.4 Å². The van der Waals surface area contributed by atoms with Gasteiger partial charge in [-0.05, 0) is 13.5 Å². The number of ether oxygens (including phenoxy) is 1. The second-order valence-electron chi connectivity index (χ2n) is 2.08. The summed E-state index contributed by atoms with van der Waals surface area (Å²) in [5.41, 5.74) is 0. The molecule has 0 aliphatic heterocycles. The fourth-order valence-electron chi connectivity index (χ4n) is 0.676. The van der Waals surface area contributed by atoms with Crippen LogP contribution in [0.5, 0.6) is 0 Å². The molecule has 60 valence electrons. The average Bonchev–Trinajstić information content (AvgIpc) is 1.98. The van der Waals surface area contributed by atoms with Crippen LogP contribution in [0.15, 0.2) is 12.7 Å². The summed E-state index contributed by atoms with van der Waals surface area (Å²) in [4.78, 5) is 2.18. The van der Waals surface area contributed by atoms with E-state index in [1.54, 1.807) is 0 Å². The Morgan fingerprint density at radius 1 is 1.50 bits per heavy atom. The van der Waals surface area contributed by atoms with E-state index in [1.165, 1.54) is 0 Å². The van der Waals surface area contributed by atoms with Crippen molar-refractivity contribution in [2.24, 2.45) is 0 Å². The molecule has 0 aromatic rings. The van der Waals surface area contributed by atoms with Crippen LogP contribution in [-0.4, -0.2) is 31.3 Å². The first-order chi connectivity index (χ1) is 4.85. The third-order valence-electron chi connectivity index (χ3n) is 1.31. The van der Waals surface area contributed by atoms with Gasteiger partial charge in [-0.1, -0.05) is 13.0 Å². The maximum absolute atomic E-state index is 5.22. The SMILES string of the molecule is C=CCN(CC)COCC. The Balaban J connectivity index is 3.29. The lowest BCUT2D eigenvalue weighted by molar-refractivity contribution is 0.0453. The third-order valence-corrected chi connectivity index (χ3v) is 1.31. The molecule has 0 fully saturated rings. The van der Waals surface area contributed by atoms with Crippen molar-refractivity contribution in [1.82, 2.24) is 4.90 Å². The molecule has 0 rings (SSSR count). The van der Waals surface area contributed by atoms with Crippen molar-refractivity contribution in [3.05, 3.63) is 12.7 Å². The van der Waals surface area contributed by atoms with Gasteiger partial charge in [0.15, 0.2) is 0 Å². The zero-order valence-corrected chi connectivity index (χ0v) is 6.97.